The number of rotatable bonds is 6. The summed E-state index contributed by atoms with van der Waals surface area (Å²) >= 11 is 12.1. The largest absolute Gasteiger partial charge is 0.497 e. The Hall–Kier alpha value is -2.50. The maximum atomic E-state index is 11.9. The summed E-state index contributed by atoms with van der Waals surface area (Å²) in [6.45, 7) is 0.469. The van der Waals surface area contributed by atoms with Gasteiger partial charge in [-0.3, -0.25) is 4.79 Å². The highest BCUT2D eigenvalue weighted by Crippen LogP contribution is 2.21. The first-order valence-corrected chi connectivity index (χ1v) is 8.73. The van der Waals surface area contributed by atoms with Crippen LogP contribution in [0.15, 0.2) is 48.8 Å². The molecule has 0 aliphatic rings. The van der Waals surface area contributed by atoms with Crippen LogP contribution in [-0.4, -0.2) is 28.9 Å². The lowest BCUT2D eigenvalue weighted by atomic mass is 10.2. The molecular weight excluding hydrogens is 373 g/mol. The Morgan fingerprint density at radius 1 is 1.31 bits per heavy atom. The number of carbonyl (C=O) groups is 1. The van der Waals surface area contributed by atoms with Gasteiger partial charge in [0, 0.05) is 31.4 Å². The quantitative estimate of drug-likeness (QED) is 0.647. The number of halogens is 2. The number of pyridine rings is 1. The average Bonchev–Trinajstić information content (AvgIpc) is 3.03. The zero-order chi connectivity index (χ0) is 18.5. The minimum Gasteiger partial charge on any atom is -0.497 e. The highest BCUT2D eigenvalue weighted by atomic mass is 35.5. The number of amides is 1. The number of hydrogen-bond acceptors (Lipinski definition) is 3. The van der Waals surface area contributed by atoms with Gasteiger partial charge in [0.1, 0.15) is 5.75 Å². The molecule has 3 aromatic rings. The number of benzene rings is 1. The molecule has 0 atom stereocenters. The molecule has 7 heteroatoms. The highest BCUT2D eigenvalue weighted by Gasteiger charge is 2.07. The number of nitrogens with one attached hydrogen (secondary N) is 1. The normalized spacial score (nSPS) is 11.2. The molecule has 0 fully saturated rings. The zero-order valence-corrected chi connectivity index (χ0v) is 15.6. The number of ether oxygens (including phenoxy) is 1. The number of carbonyl (C=O) groups excluding carboxylic acids is 1. The molecule has 1 N–H and O–H groups in total. The van der Waals surface area contributed by atoms with Crippen molar-refractivity contribution in [2.75, 3.05) is 13.7 Å². The number of aromatic nitrogens is 2. The number of methoxy groups -OCH3 is 1. The predicted octanol–water partition coefficient (Wildman–Crippen LogP) is 4.02. The van der Waals surface area contributed by atoms with E-state index in [2.05, 4.69) is 10.3 Å². The van der Waals surface area contributed by atoms with Crippen LogP contribution in [-0.2, 0) is 11.2 Å². The van der Waals surface area contributed by atoms with Crippen molar-refractivity contribution in [1.82, 2.24) is 14.7 Å². The van der Waals surface area contributed by atoms with Crippen molar-refractivity contribution in [3.63, 3.8) is 0 Å². The van der Waals surface area contributed by atoms with E-state index in [1.54, 1.807) is 29.8 Å². The third kappa shape index (κ3) is 4.56. The van der Waals surface area contributed by atoms with Crippen molar-refractivity contribution in [3.8, 4) is 5.75 Å². The third-order valence-electron chi connectivity index (χ3n) is 3.72. The molecular formula is C19H17Cl2N3O2. The Bertz CT molecular complexity index is 967. The van der Waals surface area contributed by atoms with Crippen molar-refractivity contribution in [3.05, 3.63) is 70.1 Å². The van der Waals surface area contributed by atoms with Crippen molar-refractivity contribution in [2.45, 2.75) is 6.42 Å². The van der Waals surface area contributed by atoms with Gasteiger partial charge in [0.2, 0.25) is 5.91 Å². The first-order valence-electron chi connectivity index (χ1n) is 7.98. The van der Waals surface area contributed by atoms with Crippen molar-refractivity contribution in [1.29, 1.82) is 0 Å². The lowest BCUT2D eigenvalue weighted by Gasteiger charge is -2.01. The van der Waals surface area contributed by atoms with Gasteiger partial charge in [0.15, 0.2) is 5.65 Å². The summed E-state index contributed by atoms with van der Waals surface area (Å²) in [6.07, 6.45) is 7.42. The smallest absolute Gasteiger partial charge is 0.244 e. The Morgan fingerprint density at radius 3 is 2.96 bits per heavy atom. The van der Waals surface area contributed by atoms with E-state index in [-0.39, 0.29) is 5.91 Å². The van der Waals surface area contributed by atoms with Gasteiger partial charge in [-0.15, -0.1) is 0 Å². The van der Waals surface area contributed by atoms with E-state index in [0.29, 0.717) is 28.7 Å². The number of hydrogen-bond donors (Lipinski definition) is 1. The average molecular weight is 390 g/mol. The van der Waals surface area contributed by atoms with Crippen molar-refractivity contribution in [2.24, 2.45) is 0 Å². The van der Waals surface area contributed by atoms with E-state index in [0.717, 1.165) is 17.0 Å². The summed E-state index contributed by atoms with van der Waals surface area (Å²) in [7, 11) is 1.61. The minimum absolute atomic E-state index is 0.169. The van der Waals surface area contributed by atoms with E-state index in [4.69, 9.17) is 27.9 Å². The van der Waals surface area contributed by atoms with Gasteiger partial charge in [-0.1, -0.05) is 35.3 Å². The van der Waals surface area contributed by atoms with Gasteiger partial charge >= 0.3 is 0 Å². The van der Waals surface area contributed by atoms with E-state index < -0.39 is 0 Å². The molecule has 0 unspecified atom stereocenters. The number of fused-ring (bicyclic) bond motifs is 1. The fourth-order valence-electron chi connectivity index (χ4n) is 2.49. The molecule has 0 saturated heterocycles. The number of nitrogens with zero attached hydrogens (tertiary/aromatic N) is 2. The maximum Gasteiger partial charge on any atom is 0.244 e. The summed E-state index contributed by atoms with van der Waals surface area (Å²) < 4.78 is 6.94. The highest BCUT2D eigenvalue weighted by molar-refractivity contribution is 6.36. The standard InChI is InChI=1S/C19H17Cl2N3O2/c1-26-16-4-2-3-13(9-16)5-6-18(25)22-8-7-15-12-24-11-14(20)10-17(21)19(24)23-15/h2-6,9-12H,7-8H2,1H3,(H,22,25)/b6-5+. The predicted molar refractivity (Wildman–Crippen MR) is 104 cm³/mol. The Morgan fingerprint density at radius 2 is 2.15 bits per heavy atom. The molecule has 0 spiro atoms. The first kappa shape index (κ1) is 18.3. The fourth-order valence-corrected chi connectivity index (χ4v) is 3.01. The summed E-state index contributed by atoms with van der Waals surface area (Å²) in [4.78, 5) is 16.4. The third-order valence-corrected chi connectivity index (χ3v) is 4.21. The summed E-state index contributed by atoms with van der Waals surface area (Å²) in [6, 6.07) is 9.14. The second-order valence-corrected chi connectivity index (χ2v) is 6.46. The molecule has 134 valence electrons. The van der Waals surface area contributed by atoms with Gasteiger partial charge in [-0.2, -0.15) is 0 Å². The molecule has 0 saturated carbocycles. The van der Waals surface area contributed by atoms with E-state index in [1.165, 1.54) is 6.08 Å². The van der Waals surface area contributed by atoms with Gasteiger partial charge in [0.25, 0.3) is 0 Å². The van der Waals surface area contributed by atoms with Crippen molar-refractivity contribution < 1.29 is 9.53 Å². The maximum absolute atomic E-state index is 11.9. The Balaban J connectivity index is 1.55. The van der Waals surface area contributed by atoms with Crippen LogP contribution in [0.3, 0.4) is 0 Å². The molecule has 26 heavy (non-hydrogen) atoms. The zero-order valence-electron chi connectivity index (χ0n) is 14.1. The Kier molecular flexibility index (Phi) is 5.81. The molecule has 0 bridgehead atoms. The van der Waals surface area contributed by atoms with Crippen LogP contribution in [0.5, 0.6) is 5.75 Å². The molecule has 1 amide bonds. The van der Waals surface area contributed by atoms with Crippen LogP contribution in [0.4, 0.5) is 0 Å². The van der Waals surface area contributed by atoms with Crippen LogP contribution in [0.2, 0.25) is 10.0 Å². The second kappa shape index (κ2) is 8.25. The summed E-state index contributed by atoms with van der Waals surface area (Å²) in [5, 5.41) is 3.87. The fraction of sp³-hybridized carbons (Fsp3) is 0.158. The monoisotopic (exact) mass is 389 g/mol. The molecule has 3 rings (SSSR count). The molecule has 1 aromatic carbocycles. The van der Waals surface area contributed by atoms with Crippen LogP contribution < -0.4 is 10.1 Å². The molecule has 0 radical (unpaired) electrons. The molecule has 0 aliphatic carbocycles. The molecule has 2 aromatic heterocycles. The van der Waals surface area contributed by atoms with Gasteiger partial charge in [0.05, 0.1) is 22.8 Å². The topological polar surface area (TPSA) is 55.6 Å². The first-order chi connectivity index (χ1) is 12.5. The van der Waals surface area contributed by atoms with E-state index in [9.17, 15) is 4.79 Å². The van der Waals surface area contributed by atoms with Crippen LogP contribution in [0.1, 0.15) is 11.3 Å². The Labute approximate surface area is 161 Å². The summed E-state index contributed by atoms with van der Waals surface area (Å²) in [5.74, 6) is 0.579. The van der Waals surface area contributed by atoms with E-state index in [1.807, 2.05) is 30.5 Å². The van der Waals surface area contributed by atoms with Crippen LogP contribution in [0, 0.1) is 0 Å². The molecule has 5 nitrogen and oxygen atoms in total. The van der Waals surface area contributed by atoms with Crippen LogP contribution in [0.25, 0.3) is 11.7 Å². The van der Waals surface area contributed by atoms with Gasteiger partial charge < -0.3 is 14.5 Å². The minimum atomic E-state index is -0.169. The van der Waals surface area contributed by atoms with Gasteiger partial charge in [-0.25, -0.2) is 4.98 Å². The van der Waals surface area contributed by atoms with E-state index >= 15 is 0 Å². The summed E-state index contributed by atoms with van der Waals surface area (Å²) in [5.41, 5.74) is 2.37. The van der Waals surface area contributed by atoms with Gasteiger partial charge in [-0.05, 0) is 29.8 Å². The second-order valence-electron chi connectivity index (χ2n) is 5.62. The number of imidazole rings is 1. The lowest BCUT2D eigenvalue weighted by Crippen LogP contribution is -2.23. The van der Waals surface area contributed by atoms with Crippen LogP contribution >= 0.6 is 23.2 Å². The SMILES string of the molecule is COc1cccc(/C=C/C(=O)NCCc2cn3cc(Cl)cc(Cl)c3n2)c1. The molecule has 2 heterocycles. The lowest BCUT2D eigenvalue weighted by molar-refractivity contribution is -0.116. The molecule has 0 aliphatic heterocycles. The van der Waals surface area contributed by atoms with Crippen molar-refractivity contribution >= 4 is 40.8 Å².